The van der Waals surface area contributed by atoms with Crippen LogP contribution in [0.15, 0.2) is 0 Å². The van der Waals surface area contributed by atoms with Gasteiger partial charge in [-0.3, -0.25) is 10.1 Å². The van der Waals surface area contributed by atoms with Crippen LogP contribution in [0.25, 0.3) is 0 Å². The van der Waals surface area contributed by atoms with E-state index >= 15 is 0 Å². The van der Waals surface area contributed by atoms with Crippen LogP contribution in [0.3, 0.4) is 0 Å². The Hall–Kier alpha value is -0.610. The molecule has 0 spiro atoms. The molecule has 0 amide bonds. The molecule has 84 valence electrons. The molecule has 14 heavy (non-hydrogen) atoms. The zero-order valence-corrected chi connectivity index (χ0v) is 9.72. The van der Waals surface area contributed by atoms with Crippen molar-refractivity contribution in [3.8, 4) is 0 Å². The summed E-state index contributed by atoms with van der Waals surface area (Å²) in [6.07, 6.45) is -0.0603. The summed E-state index contributed by atoms with van der Waals surface area (Å²) in [5, 5.41) is 3.07. The van der Waals surface area contributed by atoms with Crippen LogP contribution in [0.5, 0.6) is 0 Å². The zero-order chi connectivity index (χ0) is 11.2. The fraction of sp³-hybridized carbons (Fsp3) is 0.900. The molecule has 4 nitrogen and oxygen atoms in total. The minimum absolute atomic E-state index is 0.0603. The number of hydrogen-bond donors (Lipinski definition) is 1. The summed E-state index contributed by atoms with van der Waals surface area (Å²) in [6.45, 7) is 8.38. The number of hydrogen-bond acceptors (Lipinski definition) is 4. The standard InChI is InChI=1S/C10H21NO3/c1-8(2)14-9(12)6-11-10(3,4)7-13-5/h8,11H,6-7H2,1-5H3. The Morgan fingerprint density at radius 3 is 2.43 bits per heavy atom. The third-order valence-electron chi connectivity index (χ3n) is 1.58. The van der Waals surface area contributed by atoms with Gasteiger partial charge in [0.1, 0.15) is 0 Å². The molecule has 4 heteroatoms. The summed E-state index contributed by atoms with van der Waals surface area (Å²) in [7, 11) is 1.63. The summed E-state index contributed by atoms with van der Waals surface area (Å²) in [6, 6.07) is 0. The largest absolute Gasteiger partial charge is 0.462 e. The van der Waals surface area contributed by atoms with Crippen molar-refractivity contribution in [3.05, 3.63) is 0 Å². The van der Waals surface area contributed by atoms with Gasteiger partial charge in [-0.15, -0.1) is 0 Å². The Morgan fingerprint density at radius 1 is 1.43 bits per heavy atom. The Balaban J connectivity index is 3.75. The molecule has 0 aromatic rings. The van der Waals surface area contributed by atoms with E-state index in [2.05, 4.69) is 5.32 Å². The first kappa shape index (κ1) is 13.4. The Morgan fingerprint density at radius 2 is 2.00 bits per heavy atom. The first-order valence-electron chi connectivity index (χ1n) is 4.81. The van der Waals surface area contributed by atoms with Crippen molar-refractivity contribution < 1.29 is 14.3 Å². The lowest BCUT2D eigenvalue weighted by Gasteiger charge is -2.24. The number of esters is 1. The van der Waals surface area contributed by atoms with Gasteiger partial charge in [0.15, 0.2) is 0 Å². The molecule has 0 aliphatic heterocycles. The van der Waals surface area contributed by atoms with E-state index in [1.807, 2.05) is 27.7 Å². The van der Waals surface area contributed by atoms with E-state index in [1.54, 1.807) is 7.11 Å². The second kappa shape index (κ2) is 5.98. The van der Waals surface area contributed by atoms with Gasteiger partial charge in [0.2, 0.25) is 0 Å². The smallest absolute Gasteiger partial charge is 0.320 e. The molecule has 0 aromatic carbocycles. The van der Waals surface area contributed by atoms with Crippen molar-refractivity contribution in [2.45, 2.75) is 39.3 Å². The van der Waals surface area contributed by atoms with Crippen LogP contribution < -0.4 is 5.32 Å². The predicted octanol–water partition coefficient (Wildman–Crippen LogP) is 0.953. The van der Waals surface area contributed by atoms with Crippen LogP contribution in [0, 0.1) is 0 Å². The van der Waals surface area contributed by atoms with Gasteiger partial charge in [-0.25, -0.2) is 0 Å². The molecule has 0 atom stereocenters. The number of carbonyl (C=O) groups excluding carboxylic acids is 1. The average molecular weight is 203 g/mol. The second-order valence-corrected chi connectivity index (χ2v) is 4.21. The molecule has 0 aliphatic rings. The van der Waals surface area contributed by atoms with Crippen LogP contribution in [-0.4, -0.2) is 37.9 Å². The molecule has 0 saturated carbocycles. The summed E-state index contributed by atoms with van der Waals surface area (Å²) in [5.74, 6) is -0.232. The molecule has 0 rings (SSSR count). The maximum absolute atomic E-state index is 11.2. The maximum Gasteiger partial charge on any atom is 0.320 e. The maximum atomic E-state index is 11.2. The van der Waals surface area contributed by atoms with Crippen LogP contribution in [-0.2, 0) is 14.3 Å². The van der Waals surface area contributed by atoms with Crippen molar-refractivity contribution in [3.63, 3.8) is 0 Å². The minimum Gasteiger partial charge on any atom is -0.462 e. The molecular formula is C10H21NO3. The van der Waals surface area contributed by atoms with Crippen molar-refractivity contribution in [2.24, 2.45) is 0 Å². The van der Waals surface area contributed by atoms with Crippen molar-refractivity contribution in [1.29, 1.82) is 0 Å². The quantitative estimate of drug-likeness (QED) is 0.653. The summed E-state index contributed by atoms with van der Waals surface area (Å²) < 4.78 is 9.99. The average Bonchev–Trinajstić information content (AvgIpc) is 2.00. The highest BCUT2D eigenvalue weighted by Crippen LogP contribution is 2.01. The van der Waals surface area contributed by atoms with Crippen molar-refractivity contribution in [1.82, 2.24) is 5.32 Å². The Labute approximate surface area is 86.0 Å². The van der Waals surface area contributed by atoms with Gasteiger partial charge < -0.3 is 9.47 Å². The molecule has 0 heterocycles. The van der Waals surface area contributed by atoms with Gasteiger partial charge in [0.05, 0.1) is 19.3 Å². The van der Waals surface area contributed by atoms with Crippen LogP contribution in [0.1, 0.15) is 27.7 Å². The number of rotatable bonds is 6. The topological polar surface area (TPSA) is 47.6 Å². The highest BCUT2D eigenvalue weighted by molar-refractivity contribution is 5.71. The van der Waals surface area contributed by atoms with Gasteiger partial charge in [0.25, 0.3) is 0 Å². The van der Waals surface area contributed by atoms with Gasteiger partial charge in [-0.05, 0) is 27.7 Å². The predicted molar refractivity (Wildman–Crippen MR) is 55.2 cm³/mol. The van der Waals surface area contributed by atoms with Crippen LogP contribution in [0.4, 0.5) is 0 Å². The highest BCUT2D eigenvalue weighted by Gasteiger charge is 2.18. The SMILES string of the molecule is COCC(C)(C)NCC(=O)OC(C)C. The molecule has 1 N–H and O–H groups in total. The van der Waals surface area contributed by atoms with E-state index in [1.165, 1.54) is 0 Å². The Kier molecular flexibility index (Phi) is 5.72. The Bertz CT molecular complexity index is 178. The molecule has 0 aliphatic carbocycles. The highest BCUT2D eigenvalue weighted by atomic mass is 16.5. The second-order valence-electron chi connectivity index (χ2n) is 4.21. The third-order valence-corrected chi connectivity index (χ3v) is 1.58. The molecule has 0 radical (unpaired) electrons. The van der Waals surface area contributed by atoms with Gasteiger partial charge in [0, 0.05) is 12.6 Å². The fourth-order valence-corrected chi connectivity index (χ4v) is 1.03. The summed E-state index contributed by atoms with van der Waals surface area (Å²) in [5.41, 5.74) is -0.204. The van der Waals surface area contributed by atoms with Gasteiger partial charge >= 0.3 is 5.97 Å². The van der Waals surface area contributed by atoms with E-state index in [4.69, 9.17) is 9.47 Å². The summed E-state index contributed by atoms with van der Waals surface area (Å²) >= 11 is 0. The van der Waals surface area contributed by atoms with Crippen molar-refractivity contribution in [2.75, 3.05) is 20.3 Å². The number of nitrogens with one attached hydrogen (secondary N) is 1. The summed E-state index contributed by atoms with van der Waals surface area (Å²) in [4.78, 5) is 11.2. The fourth-order valence-electron chi connectivity index (χ4n) is 1.03. The van der Waals surface area contributed by atoms with E-state index in [-0.39, 0.29) is 24.2 Å². The number of methoxy groups -OCH3 is 1. The van der Waals surface area contributed by atoms with Crippen molar-refractivity contribution >= 4 is 5.97 Å². The monoisotopic (exact) mass is 203 g/mol. The number of carbonyl (C=O) groups is 1. The van der Waals surface area contributed by atoms with E-state index in [0.717, 1.165) is 0 Å². The third kappa shape index (κ3) is 6.86. The molecular weight excluding hydrogens is 182 g/mol. The minimum atomic E-state index is -0.232. The first-order chi connectivity index (χ1) is 6.37. The lowest BCUT2D eigenvalue weighted by Crippen LogP contribution is -2.46. The van der Waals surface area contributed by atoms with Gasteiger partial charge in [-0.2, -0.15) is 0 Å². The van der Waals surface area contributed by atoms with Crippen LogP contribution in [0.2, 0.25) is 0 Å². The zero-order valence-electron chi connectivity index (χ0n) is 9.72. The number of ether oxygens (including phenoxy) is 2. The van der Waals surface area contributed by atoms with Crippen LogP contribution >= 0.6 is 0 Å². The van der Waals surface area contributed by atoms with E-state index in [9.17, 15) is 4.79 Å². The van der Waals surface area contributed by atoms with Gasteiger partial charge in [-0.1, -0.05) is 0 Å². The van der Waals surface area contributed by atoms with E-state index < -0.39 is 0 Å². The molecule has 0 saturated heterocycles. The molecule has 0 fully saturated rings. The lowest BCUT2D eigenvalue weighted by molar-refractivity contribution is -0.146. The molecule has 0 aromatic heterocycles. The normalized spacial score (nSPS) is 11.9. The molecule has 0 unspecified atom stereocenters. The lowest BCUT2D eigenvalue weighted by atomic mass is 10.1. The molecule has 0 bridgehead atoms. The van der Waals surface area contributed by atoms with E-state index in [0.29, 0.717) is 6.61 Å². The first-order valence-corrected chi connectivity index (χ1v) is 4.81.